The van der Waals surface area contributed by atoms with Crippen LogP contribution in [0, 0.1) is 6.92 Å². The molecule has 0 saturated carbocycles. The van der Waals surface area contributed by atoms with Crippen LogP contribution in [0.3, 0.4) is 0 Å². The van der Waals surface area contributed by atoms with Crippen LogP contribution in [-0.4, -0.2) is 21.5 Å². The second-order valence-electron chi connectivity index (χ2n) is 3.86. The molecule has 0 radical (unpaired) electrons. The molecule has 0 atom stereocenters. The maximum absolute atomic E-state index is 9.93. The molecule has 4 heteroatoms. The summed E-state index contributed by atoms with van der Waals surface area (Å²) < 4.78 is 7.04. The van der Waals surface area contributed by atoms with Crippen LogP contribution in [0.5, 0.6) is 11.5 Å². The Morgan fingerprint density at radius 2 is 1.94 bits per heavy atom. The Hall–Kier alpha value is -1.97. The molecule has 17 heavy (non-hydrogen) atoms. The summed E-state index contributed by atoms with van der Waals surface area (Å²) in [6.07, 6.45) is 0. The van der Waals surface area contributed by atoms with E-state index >= 15 is 0 Å². The Bertz CT molecular complexity index is 515. The second kappa shape index (κ2) is 4.49. The van der Waals surface area contributed by atoms with E-state index in [1.165, 1.54) is 0 Å². The minimum Gasteiger partial charge on any atom is -0.504 e. The topological polar surface area (TPSA) is 47.3 Å². The van der Waals surface area contributed by atoms with Crippen LogP contribution < -0.4 is 4.74 Å². The van der Waals surface area contributed by atoms with Crippen molar-refractivity contribution in [3.05, 3.63) is 30.0 Å². The minimum atomic E-state index is 0.233. The van der Waals surface area contributed by atoms with Gasteiger partial charge in [-0.3, -0.25) is 4.68 Å². The molecule has 0 aliphatic heterocycles. The molecule has 2 rings (SSSR count). The zero-order chi connectivity index (χ0) is 12.4. The van der Waals surface area contributed by atoms with Crippen LogP contribution >= 0.6 is 0 Å². The highest BCUT2D eigenvalue weighted by Gasteiger charge is 2.13. The molecule has 0 saturated heterocycles. The Balaban J connectivity index is 2.36. The van der Waals surface area contributed by atoms with Crippen molar-refractivity contribution in [2.45, 2.75) is 13.8 Å². The van der Waals surface area contributed by atoms with Crippen molar-refractivity contribution in [1.29, 1.82) is 0 Å². The largest absolute Gasteiger partial charge is 0.504 e. The van der Waals surface area contributed by atoms with Gasteiger partial charge >= 0.3 is 0 Å². The highest BCUT2D eigenvalue weighted by molar-refractivity contribution is 5.67. The van der Waals surface area contributed by atoms with Crippen molar-refractivity contribution in [3.63, 3.8) is 0 Å². The first-order valence-electron chi connectivity index (χ1n) is 5.59. The second-order valence-corrected chi connectivity index (χ2v) is 3.86. The van der Waals surface area contributed by atoms with E-state index in [0.29, 0.717) is 12.3 Å². The molecule has 0 aliphatic carbocycles. The Morgan fingerprint density at radius 3 is 2.41 bits per heavy atom. The molecule has 0 aliphatic rings. The van der Waals surface area contributed by atoms with E-state index in [4.69, 9.17) is 4.74 Å². The SMILES string of the molecule is CCOc1ccc(-c2nn(C)c(C)c2O)cc1. The van der Waals surface area contributed by atoms with Gasteiger partial charge in [0.05, 0.1) is 12.3 Å². The quantitative estimate of drug-likeness (QED) is 0.884. The molecule has 1 aromatic heterocycles. The van der Waals surface area contributed by atoms with Gasteiger partial charge in [-0.1, -0.05) is 0 Å². The molecule has 1 aromatic carbocycles. The predicted octanol–water partition coefficient (Wildman–Crippen LogP) is 2.50. The number of ether oxygens (including phenoxy) is 1. The van der Waals surface area contributed by atoms with Crippen LogP contribution in [0.25, 0.3) is 11.3 Å². The first-order valence-corrected chi connectivity index (χ1v) is 5.59. The smallest absolute Gasteiger partial charge is 0.164 e. The van der Waals surface area contributed by atoms with Gasteiger partial charge in [-0.2, -0.15) is 5.10 Å². The van der Waals surface area contributed by atoms with E-state index in [0.717, 1.165) is 17.0 Å². The molecular weight excluding hydrogens is 216 g/mol. The van der Waals surface area contributed by atoms with E-state index in [-0.39, 0.29) is 5.75 Å². The summed E-state index contributed by atoms with van der Waals surface area (Å²) in [5, 5.41) is 14.2. The Kier molecular flexibility index (Phi) is 3.04. The average Bonchev–Trinajstić information content (AvgIpc) is 2.59. The summed E-state index contributed by atoms with van der Waals surface area (Å²) in [5.41, 5.74) is 2.25. The lowest BCUT2D eigenvalue weighted by Crippen LogP contribution is -1.92. The molecule has 0 fully saturated rings. The third kappa shape index (κ3) is 2.11. The molecule has 0 bridgehead atoms. The molecule has 0 unspecified atom stereocenters. The van der Waals surface area contributed by atoms with Crippen molar-refractivity contribution in [2.24, 2.45) is 7.05 Å². The van der Waals surface area contributed by atoms with E-state index in [1.807, 2.05) is 45.2 Å². The number of nitrogens with zero attached hydrogens (tertiary/aromatic N) is 2. The zero-order valence-electron chi connectivity index (χ0n) is 10.3. The lowest BCUT2D eigenvalue weighted by atomic mass is 10.1. The summed E-state index contributed by atoms with van der Waals surface area (Å²) in [6, 6.07) is 7.55. The van der Waals surface area contributed by atoms with Gasteiger partial charge in [-0.25, -0.2) is 0 Å². The molecule has 1 heterocycles. The fraction of sp³-hybridized carbons (Fsp3) is 0.308. The molecule has 0 amide bonds. The summed E-state index contributed by atoms with van der Waals surface area (Å²) in [5.74, 6) is 1.06. The average molecular weight is 232 g/mol. The fourth-order valence-electron chi connectivity index (χ4n) is 1.67. The van der Waals surface area contributed by atoms with Gasteiger partial charge in [0.15, 0.2) is 5.75 Å². The minimum absolute atomic E-state index is 0.233. The highest BCUT2D eigenvalue weighted by Crippen LogP contribution is 2.31. The summed E-state index contributed by atoms with van der Waals surface area (Å²) in [7, 11) is 1.81. The highest BCUT2D eigenvalue weighted by atomic mass is 16.5. The van der Waals surface area contributed by atoms with E-state index in [9.17, 15) is 5.11 Å². The van der Waals surface area contributed by atoms with Gasteiger partial charge in [0.1, 0.15) is 11.4 Å². The molecular formula is C13H16N2O2. The maximum Gasteiger partial charge on any atom is 0.164 e. The van der Waals surface area contributed by atoms with Gasteiger partial charge in [-0.05, 0) is 38.1 Å². The maximum atomic E-state index is 9.93. The normalized spacial score (nSPS) is 10.5. The lowest BCUT2D eigenvalue weighted by Gasteiger charge is -2.03. The predicted molar refractivity (Wildman–Crippen MR) is 66.2 cm³/mol. The van der Waals surface area contributed by atoms with Crippen LogP contribution in [-0.2, 0) is 7.05 Å². The number of rotatable bonds is 3. The Morgan fingerprint density at radius 1 is 1.29 bits per heavy atom. The van der Waals surface area contributed by atoms with Gasteiger partial charge in [0, 0.05) is 12.6 Å². The van der Waals surface area contributed by atoms with Gasteiger partial charge < -0.3 is 9.84 Å². The lowest BCUT2D eigenvalue weighted by molar-refractivity contribution is 0.340. The van der Waals surface area contributed by atoms with E-state index in [1.54, 1.807) is 4.68 Å². The van der Waals surface area contributed by atoms with Gasteiger partial charge in [-0.15, -0.1) is 0 Å². The monoisotopic (exact) mass is 232 g/mol. The van der Waals surface area contributed by atoms with Gasteiger partial charge in [0.2, 0.25) is 0 Å². The molecule has 90 valence electrons. The number of aryl methyl sites for hydroxylation is 1. The Labute approximate surface area is 100 Å². The van der Waals surface area contributed by atoms with Crippen LogP contribution in [0.4, 0.5) is 0 Å². The van der Waals surface area contributed by atoms with Gasteiger partial charge in [0.25, 0.3) is 0 Å². The number of benzene rings is 1. The number of hydrogen-bond donors (Lipinski definition) is 1. The molecule has 2 aromatic rings. The summed E-state index contributed by atoms with van der Waals surface area (Å²) >= 11 is 0. The molecule has 4 nitrogen and oxygen atoms in total. The van der Waals surface area contributed by atoms with Crippen molar-refractivity contribution in [3.8, 4) is 22.8 Å². The van der Waals surface area contributed by atoms with Crippen LogP contribution in [0.2, 0.25) is 0 Å². The standard InChI is InChI=1S/C13H16N2O2/c1-4-17-11-7-5-10(6-8-11)12-13(16)9(2)15(3)14-12/h5-8,16H,4H2,1-3H3. The van der Waals surface area contributed by atoms with Crippen molar-refractivity contribution in [2.75, 3.05) is 6.61 Å². The van der Waals surface area contributed by atoms with E-state index < -0.39 is 0 Å². The molecule has 0 spiro atoms. The van der Waals surface area contributed by atoms with Crippen molar-refractivity contribution in [1.82, 2.24) is 9.78 Å². The van der Waals surface area contributed by atoms with E-state index in [2.05, 4.69) is 5.10 Å². The number of aromatic nitrogens is 2. The fourth-order valence-corrected chi connectivity index (χ4v) is 1.67. The first-order chi connectivity index (χ1) is 8.13. The third-order valence-corrected chi connectivity index (χ3v) is 2.74. The summed E-state index contributed by atoms with van der Waals surface area (Å²) in [4.78, 5) is 0. The third-order valence-electron chi connectivity index (χ3n) is 2.74. The van der Waals surface area contributed by atoms with Crippen LogP contribution in [0.15, 0.2) is 24.3 Å². The van der Waals surface area contributed by atoms with Crippen molar-refractivity contribution < 1.29 is 9.84 Å². The first kappa shape index (κ1) is 11.5. The summed E-state index contributed by atoms with van der Waals surface area (Å²) in [6.45, 7) is 4.43. The van der Waals surface area contributed by atoms with Crippen LogP contribution in [0.1, 0.15) is 12.6 Å². The zero-order valence-corrected chi connectivity index (χ0v) is 10.3. The molecule has 1 N–H and O–H groups in total. The van der Waals surface area contributed by atoms with Crippen molar-refractivity contribution >= 4 is 0 Å². The number of hydrogen-bond acceptors (Lipinski definition) is 3. The number of aromatic hydroxyl groups is 1.